The molecule has 0 fully saturated rings. The van der Waals surface area contributed by atoms with Gasteiger partial charge in [-0.3, -0.25) is 5.73 Å². The zero-order valence-electron chi connectivity index (χ0n) is 6.56. The number of hydrogen-bond donors (Lipinski definition) is 0. The molecule has 0 saturated carbocycles. The summed E-state index contributed by atoms with van der Waals surface area (Å²) in [6.45, 7) is -0.230. The van der Waals surface area contributed by atoms with Crippen molar-refractivity contribution in [3.8, 4) is 5.75 Å². The number of nitrogens with one attached hydrogen (secondary N) is 1. The lowest BCUT2D eigenvalue weighted by atomic mass is 10.2. The molecule has 1 rings (SSSR count). The van der Waals surface area contributed by atoms with Crippen LogP contribution in [-0.4, -0.2) is 6.36 Å². The van der Waals surface area contributed by atoms with Gasteiger partial charge in [0.05, 0.1) is 0 Å². The fourth-order valence-electron chi connectivity index (χ4n) is 0.874. The van der Waals surface area contributed by atoms with Gasteiger partial charge in [-0.15, -0.1) is 13.2 Å². The molecule has 0 aliphatic heterocycles. The van der Waals surface area contributed by atoms with Crippen LogP contribution in [0.15, 0.2) is 24.3 Å². The third-order valence-corrected chi connectivity index (χ3v) is 1.39. The Hall–Kier alpha value is -1.23. The Morgan fingerprint density at radius 1 is 1.23 bits per heavy atom. The maximum Gasteiger partial charge on any atom is 0.573 e. The van der Waals surface area contributed by atoms with Crippen molar-refractivity contribution in [3.05, 3.63) is 29.8 Å². The van der Waals surface area contributed by atoms with Crippen molar-refractivity contribution in [3.63, 3.8) is 0 Å². The van der Waals surface area contributed by atoms with Crippen LogP contribution >= 0.6 is 0 Å². The SMILES string of the molecule is [NH]Cc1ccccc1OC(F)(F)F. The number of ether oxygens (including phenoxy) is 1. The van der Waals surface area contributed by atoms with E-state index in [-0.39, 0.29) is 17.9 Å². The quantitative estimate of drug-likeness (QED) is 0.704. The zero-order valence-corrected chi connectivity index (χ0v) is 6.56. The molecule has 71 valence electrons. The molecule has 1 aromatic carbocycles. The lowest BCUT2D eigenvalue weighted by Crippen LogP contribution is -2.18. The Balaban J connectivity index is 2.87. The Morgan fingerprint density at radius 3 is 2.38 bits per heavy atom. The highest BCUT2D eigenvalue weighted by molar-refractivity contribution is 5.33. The summed E-state index contributed by atoms with van der Waals surface area (Å²) in [4.78, 5) is 0. The summed E-state index contributed by atoms with van der Waals surface area (Å²) in [6.07, 6.45) is -4.69. The monoisotopic (exact) mass is 190 g/mol. The summed E-state index contributed by atoms with van der Waals surface area (Å²) in [5.74, 6) is -0.301. The largest absolute Gasteiger partial charge is 0.573 e. The molecule has 0 aliphatic rings. The third kappa shape index (κ3) is 2.95. The molecular formula is C8H7F3NO. The molecule has 0 bridgehead atoms. The Bertz CT molecular complexity index is 285. The highest BCUT2D eigenvalue weighted by Gasteiger charge is 2.31. The second kappa shape index (κ2) is 3.66. The summed E-state index contributed by atoms with van der Waals surface area (Å²) in [7, 11) is 0. The molecule has 1 aromatic rings. The van der Waals surface area contributed by atoms with Gasteiger partial charge >= 0.3 is 6.36 Å². The van der Waals surface area contributed by atoms with Gasteiger partial charge in [-0.1, -0.05) is 18.2 Å². The van der Waals surface area contributed by atoms with Crippen LogP contribution in [0.3, 0.4) is 0 Å². The van der Waals surface area contributed by atoms with Crippen LogP contribution < -0.4 is 10.5 Å². The van der Waals surface area contributed by atoms with Gasteiger partial charge in [-0.25, -0.2) is 0 Å². The smallest absolute Gasteiger partial charge is 0.405 e. The van der Waals surface area contributed by atoms with Gasteiger partial charge in [0.1, 0.15) is 5.75 Å². The van der Waals surface area contributed by atoms with Gasteiger partial charge in [0.2, 0.25) is 0 Å². The van der Waals surface area contributed by atoms with Crippen LogP contribution in [0.25, 0.3) is 0 Å². The van der Waals surface area contributed by atoms with E-state index in [4.69, 9.17) is 5.73 Å². The molecule has 0 unspecified atom stereocenters. The fraction of sp³-hybridized carbons (Fsp3) is 0.250. The topological polar surface area (TPSA) is 33.0 Å². The van der Waals surface area contributed by atoms with E-state index in [1.807, 2.05) is 0 Å². The van der Waals surface area contributed by atoms with E-state index in [2.05, 4.69) is 4.74 Å². The highest BCUT2D eigenvalue weighted by Crippen LogP contribution is 2.25. The molecule has 13 heavy (non-hydrogen) atoms. The minimum atomic E-state index is -4.69. The van der Waals surface area contributed by atoms with E-state index in [1.165, 1.54) is 18.2 Å². The van der Waals surface area contributed by atoms with Crippen LogP contribution in [0.4, 0.5) is 13.2 Å². The Kier molecular flexibility index (Phi) is 2.77. The molecular weight excluding hydrogens is 183 g/mol. The van der Waals surface area contributed by atoms with E-state index in [1.54, 1.807) is 6.07 Å². The minimum absolute atomic E-state index is 0.222. The maximum atomic E-state index is 11.8. The van der Waals surface area contributed by atoms with E-state index < -0.39 is 6.36 Å². The van der Waals surface area contributed by atoms with E-state index >= 15 is 0 Å². The van der Waals surface area contributed by atoms with Crippen LogP contribution in [0.1, 0.15) is 5.56 Å². The Labute approximate surface area is 73.1 Å². The molecule has 2 nitrogen and oxygen atoms in total. The van der Waals surface area contributed by atoms with Crippen molar-refractivity contribution in [1.82, 2.24) is 5.73 Å². The number of rotatable bonds is 2. The molecule has 0 spiro atoms. The van der Waals surface area contributed by atoms with E-state index in [0.717, 1.165) is 0 Å². The van der Waals surface area contributed by atoms with Crippen molar-refractivity contribution in [1.29, 1.82) is 0 Å². The van der Waals surface area contributed by atoms with Crippen molar-refractivity contribution >= 4 is 0 Å². The average Bonchev–Trinajstić information content (AvgIpc) is 2.02. The van der Waals surface area contributed by atoms with Gasteiger partial charge in [0.25, 0.3) is 0 Å². The molecule has 5 heteroatoms. The second-order valence-electron chi connectivity index (χ2n) is 2.33. The van der Waals surface area contributed by atoms with Crippen LogP contribution in [0.2, 0.25) is 0 Å². The summed E-state index contributed by atoms with van der Waals surface area (Å²) in [5.41, 5.74) is 7.17. The second-order valence-corrected chi connectivity index (χ2v) is 2.33. The van der Waals surface area contributed by atoms with E-state index in [9.17, 15) is 13.2 Å². The van der Waals surface area contributed by atoms with Crippen molar-refractivity contribution < 1.29 is 17.9 Å². The van der Waals surface area contributed by atoms with E-state index in [0.29, 0.717) is 0 Å². The summed E-state index contributed by atoms with van der Waals surface area (Å²) >= 11 is 0. The molecule has 0 amide bonds. The van der Waals surface area contributed by atoms with Crippen LogP contribution in [-0.2, 0) is 6.54 Å². The zero-order chi connectivity index (χ0) is 9.90. The fourth-order valence-corrected chi connectivity index (χ4v) is 0.874. The molecule has 1 N–H and O–H groups in total. The van der Waals surface area contributed by atoms with Crippen molar-refractivity contribution in [2.24, 2.45) is 0 Å². The number of halogens is 3. The first-order chi connectivity index (χ1) is 6.03. The average molecular weight is 190 g/mol. The molecule has 0 aliphatic carbocycles. The highest BCUT2D eigenvalue weighted by atomic mass is 19.4. The first-order valence-corrected chi connectivity index (χ1v) is 3.51. The van der Waals surface area contributed by atoms with Crippen molar-refractivity contribution in [2.75, 3.05) is 0 Å². The number of alkyl halides is 3. The summed E-state index contributed by atoms with van der Waals surface area (Å²) in [5, 5.41) is 0. The number of hydrogen-bond acceptors (Lipinski definition) is 1. The van der Waals surface area contributed by atoms with Gasteiger partial charge < -0.3 is 4.74 Å². The van der Waals surface area contributed by atoms with Crippen molar-refractivity contribution in [2.45, 2.75) is 12.9 Å². The van der Waals surface area contributed by atoms with Gasteiger partial charge in [-0.2, -0.15) is 0 Å². The first kappa shape index (κ1) is 9.85. The number of para-hydroxylation sites is 1. The maximum absolute atomic E-state index is 11.8. The van der Waals surface area contributed by atoms with Gasteiger partial charge in [-0.05, 0) is 6.07 Å². The normalized spacial score (nSPS) is 11.4. The first-order valence-electron chi connectivity index (χ1n) is 3.51. The van der Waals surface area contributed by atoms with Crippen LogP contribution in [0.5, 0.6) is 5.75 Å². The standard InChI is InChI=1S/C8H7F3NO/c9-8(10,11)13-7-4-2-1-3-6(7)5-12/h1-4,12H,5H2. The predicted molar refractivity (Wildman–Crippen MR) is 39.9 cm³/mol. The van der Waals surface area contributed by atoms with Gasteiger partial charge in [0, 0.05) is 12.1 Å². The number of benzene rings is 1. The summed E-state index contributed by atoms with van der Waals surface area (Å²) in [6, 6.07) is 5.61. The molecule has 0 aromatic heterocycles. The lowest BCUT2D eigenvalue weighted by Gasteiger charge is -2.11. The molecule has 0 atom stereocenters. The molecule has 0 heterocycles. The van der Waals surface area contributed by atoms with Gasteiger partial charge in [0.15, 0.2) is 0 Å². The lowest BCUT2D eigenvalue weighted by molar-refractivity contribution is -0.274. The third-order valence-electron chi connectivity index (χ3n) is 1.39. The molecule has 1 radical (unpaired) electrons. The predicted octanol–water partition coefficient (Wildman–Crippen LogP) is 2.37. The minimum Gasteiger partial charge on any atom is -0.405 e. The Morgan fingerprint density at radius 2 is 1.85 bits per heavy atom. The summed E-state index contributed by atoms with van der Waals surface area (Å²) < 4.78 is 39.0. The van der Waals surface area contributed by atoms with Crippen LogP contribution in [0, 0.1) is 0 Å². The molecule has 0 saturated heterocycles.